The first kappa shape index (κ1) is 16.3. The molecule has 0 saturated carbocycles. The van der Waals surface area contributed by atoms with Crippen molar-refractivity contribution >= 4 is 27.6 Å². The molecule has 0 aliphatic heterocycles. The quantitative estimate of drug-likeness (QED) is 0.260. The van der Waals surface area contributed by atoms with Gasteiger partial charge in [0.25, 0.3) is 5.69 Å². The van der Waals surface area contributed by atoms with Crippen LogP contribution in [0.2, 0.25) is 0 Å². The van der Waals surface area contributed by atoms with Gasteiger partial charge in [-0.2, -0.15) is 0 Å². The Morgan fingerprint density at radius 2 is 1.43 bits per heavy atom. The molecule has 0 aliphatic carbocycles. The first-order valence-electron chi connectivity index (χ1n) is 8.97. The van der Waals surface area contributed by atoms with E-state index in [9.17, 15) is 10.1 Å². The summed E-state index contributed by atoms with van der Waals surface area (Å²) in [7, 11) is 0. The van der Waals surface area contributed by atoms with Crippen molar-refractivity contribution in [3.8, 4) is 22.3 Å². The Balaban J connectivity index is 1.77. The van der Waals surface area contributed by atoms with Gasteiger partial charge in [0.05, 0.1) is 10.5 Å². The molecule has 0 fully saturated rings. The molecular formula is C24H15NO3. The molecule has 4 nitrogen and oxygen atoms in total. The summed E-state index contributed by atoms with van der Waals surface area (Å²) in [6, 6.07) is 28.8. The summed E-state index contributed by atoms with van der Waals surface area (Å²) < 4.78 is 6.14. The smallest absolute Gasteiger partial charge is 0.277 e. The summed E-state index contributed by atoms with van der Waals surface area (Å²) in [5, 5.41) is 13.4. The highest BCUT2D eigenvalue weighted by Gasteiger charge is 2.19. The summed E-state index contributed by atoms with van der Waals surface area (Å²) in [5.74, 6) is 0. The van der Waals surface area contributed by atoms with Crippen LogP contribution in [0.5, 0.6) is 0 Å². The van der Waals surface area contributed by atoms with Crippen LogP contribution in [-0.4, -0.2) is 4.92 Å². The summed E-state index contributed by atoms with van der Waals surface area (Å²) in [4.78, 5) is 11.1. The van der Waals surface area contributed by atoms with Gasteiger partial charge in [-0.15, -0.1) is 0 Å². The van der Waals surface area contributed by atoms with E-state index < -0.39 is 0 Å². The Morgan fingerprint density at radius 3 is 2.25 bits per heavy atom. The minimum atomic E-state index is -0.357. The molecule has 5 aromatic rings. The third kappa shape index (κ3) is 2.55. The molecule has 0 saturated heterocycles. The summed E-state index contributed by atoms with van der Waals surface area (Å²) in [5.41, 5.74) is 5.02. The molecule has 1 aromatic heterocycles. The zero-order valence-corrected chi connectivity index (χ0v) is 14.8. The van der Waals surface area contributed by atoms with Gasteiger partial charge < -0.3 is 4.42 Å². The van der Waals surface area contributed by atoms with Crippen molar-refractivity contribution in [1.82, 2.24) is 0 Å². The fraction of sp³-hybridized carbons (Fsp3) is 0. The molecule has 0 N–H and O–H groups in total. The number of para-hydroxylation sites is 2. The highest BCUT2D eigenvalue weighted by molar-refractivity contribution is 6.11. The molecule has 4 aromatic carbocycles. The lowest BCUT2D eigenvalue weighted by Crippen LogP contribution is -1.91. The van der Waals surface area contributed by atoms with Crippen molar-refractivity contribution in [2.24, 2.45) is 0 Å². The van der Waals surface area contributed by atoms with E-state index in [4.69, 9.17) is 4.42 Å². The summed E-state index contributed by atoms with van der Waals surface area (Å²) in [6.07, 6.45) is 0. The van der Waals surface area contributed by atoms with Gasteiger partial charge in [-0.05, 0) is 29.3 Å². The monoisotopic (exact) mass is 365 g/mol. The number of rotatable bonds is 3. The van der Waals surface area contributed by atoms with Crippen molar-refractivity contribution in [2.75, 3.05) is 0 Å². The number of furan rings is 1. The number of fused-ring (bicyclic) bond motifs is 3. The van der Waals surface area contributed by atoms with Gasteiger partial charge in [0, 0.05) is 22.4 Å². The Labute approximate surface area is 160 Å². The minimum absolute atomic E-state index is 0.0698. The first-order valence-corrected chi connectivity index (χ1v) is 8.97. The van der Waals surface area contributed by atoms with Crippen LogP contribution in [0.25, 0.3) is 44.2 Å². The zero-order chi connectivity index (χ0) is 19.1. The first-order chi connectivity index (χ1) is 13.7. The molecule has 134 valence electrons. The third-order valence-corrected chi connectivity index (χ3v) is 4.99. The van der Waals surface area contributed by atoms with E-state index in [1.165, 1.54) is 6.07 Å². The van der Waals surface area contributed by atoms with Crippen molar-refractivity contribution < 1.29 is 9.34 Å². The van der Waals surface area contributed by atoms with Gasteiger partial charge in [0.1, 0.15) is 11.2 Å². The van der Waals surface area contributed by atoms with Crippen molar-refractivity contribution in [1.29, 1.82) is 0 Å². The molecule has 28 heavy (non-hydrogen) atoms. The second-order valence-corrected chi connectivity index (χ2v) is 6.64. The molecule has 0 atom stereocenters. The normalized spacial score (nSPS) is 11.1. The Morgan fingerprint density at radius 1 is 0.679 bits per heavy atom. The van der Waals surface area contributed by atoms with Crippen molar-refractivity contribution in [2.45, 2.75) is 0 Å². The van der Waals surface area contributed by atoms with E-state index in [2.05, 4.69) is 18.2 Å². The van der Waals surface area contributed by atoms with Crippen LogP contribution in [0.4, 0.5) is 5.69 Å². The predicted molar refractivity (Wildman–Crippen MR) is 111 cm³/mol. The highest BCUT2D eigenvalue weighted by Crippen LogP contribution is 2.39. The van der Waals surface area contributed by atoms with Crippen LogP contribution in [0.3, 0.4) is 0 Å². The number of hydrogen-bond acceptors (Lipinski definition) is 3. The van der Waals surface area contributed by atoms with Gasteiger partial charge in [0.15, 0.2) is 0 Å². The maximum Gasteiger partial charge on any atom is 0.277 e. The highest BCUT2D eigenvalue weighted by atomic mass is 16.6. The standard InChI is InChI=1S/C24H15NO3/c26-25(27)22-12-5-4-9-18(22)19-10-6-11-20-21-15-17(16-7-2-1-3-8-16)13-14-23(21)28-24(19)20/h1-15H. The second kappa shape index (κ2) is 6.35. The van der Waals surface area contributed by atoms with E-state index in [1.54, 1.807) is 18.2 Å². The van der Waals surface area contributed by atoms with E-state index in [-0.39, 0.29) is 10.6 Å². The Bertz CT molecular complexity index is 1340. The SMILES string of the molecule is O=[N+]([O-])c1ccccc1-c1cccc2c1oc1ccc(-c3ccccc3)cc12. The lowest BCUT2D eigenvalue weighted by Gasteiger charge is -2.03. The zero-order valence-electron chi connectivity index (χ0n) is 14.8. The average Bonchev–Trinajstić information content (AvgIpc) is 3.12. The van der Waals surface area contributed by atoms with Crippen molar-refractivity contribution in [3.63, 3.8) is 0 Å². The fourth-order valence-corrected chi connectivity index (χ4v) is 3.68. The van der Waals surface area contributed by atoms with Crippen LogP contribution >= 0.6 is 0 Å². The van der Waals surface area contributed by atoms with E-state index in [0.29, 0.717) is 11.1 Å². The molecule has 0 aliphatic rings. The van der Waals surface area contributed by atoms with Gasteiger partial charge in [-0.3, -0.25) is 10.1 Å². The molecule has 0 bridgehead atoms. The van der Waals surface area contributed by atoms with Crippen molar-refractivity contribution in [3.05, 3.63) is 101 Å². The second-order valence-electron chi connectivity index (χ2n) is 6.64. The molecule has 0 unspecified atom stereocenters. The molecule has 5 rings (SSSR count). The number of hydrogen-bond donors (Lipinski definition) is 0. The molecule has 1 heterocycles. The number of nitro groups is 1. The lowest BCUT2D eigenvalue weighted by molar-refractivity contribution is -0.384. The number of benzene rings is 4. The number of nitrogens with zero attached hydrogens (tertiary/aromatic N) is 1. The van der Waals surface area contributed by atoms with E-state index >= 15 is 0 Å². The molecule has 0 radical (unpaired) electrons. The van der Waals surface area contributed by atoms with Gasteiger partial charge in [0.2, 0.25) is 0 Å². The van der Waals surface area contributed by atoms with Crippen LogP contribution in [0.1, 0.15) is 0 Å². The third-order valence-electron chi connectivity index (χ3n) is 4.99. The maximum absolute atomic E-state index is 11.5. The summed E-state index contributed by atoms with van der Waals surface area (Å²) in [6.45, 7) is 0. The van der Waals surface area contributed by atoms with Gasteiger partial charge in [-0.1, -0.05) is 66.7 Å². The van der Waals surface area contributed by atoms with Crippen LogP contribution in [0.15, 0.2) is 95.4 Å². The molecule has 0 spiro atoms. The van der Waals surface area contributed by atoms with Crippen LogP contribution in [-0.2, 0) is 0 Å². The topological polar surface area (TPSA) is 56.3 Å². The van der Waals surface area contributed by atoms with Crippen LogP contribution in [0, 0.1) is 10.1 Å². The maximum atomic E-state index is 11.5. The summed E-state index contributed by atoms with van der Waals surface area (Å²) >= 11 is 0. The predicted octanol–water partition coefficient (Wildman–Crippen LogP) is 6.83. The van der Waals surface area contributed by atoms with Gasteiger partial charge in [-0.25, -0.2) is 0 Å². The fourth-order valence-electron chi connectivity index (χ4n) is 3.68. The van der Waals surface area contributed by atoms with E-state index in [0.717, 1.165) is 33.0 Å². The average molecular weight is 365 g/mol. The van der Waals surface area contributed by atoms with Gasteiger partial charge >= 0.3 is 0 Å². The Kier molecular flexibility index (Phi) is 3.69. The van der Waals surface area contributed by atoms with E-state index in [1.807, 2.05) is 48.5 Å². The van der Waals surface area contributed by atoms with Crippen LogP contribution < -0.4 is 0 Å². The molecular weight excluding hydrogens is 350 g/mol. The Hall–Kier alpha value is -3.92. The minimum Gasteiger partial charge on any atom is -0.455 e. The number of nitro benzene ring substituents is 1. The largest absolute Gasteiger partial charge is 0.455 e. The molecule has 4 heteroatoms. The lowest BCUT2D eigenvalue weighted by atomic mass is 9.99. The molecule has 0 amide bonds.